The molecule has 0 bridgehead atoms. The fraction of sp³-hybridized carbons (Fsp3) is 0.500. The summed E-state index contributed by atoms with van der Waals surface area (Å²) in [6, 6.07) is 0. The molecule has 0 spiro atoms. The molecular formula is C12H16O3S. The van der Waals surface area contributed by atoms with Gasteiger partial charge in [-0.1, -0.05) is 13.8 Å². The highest BCUT2D eigenvalue weighted by Gasteiger charge is 2.28. The lowest BCUT2D eigenvalue weighted by Gasteiger charge is -2.15. The van der Waals surface area contributed by atoms with Gasteiger partial charge in [0.05, 0.1) is 15.7 Å². The first kappa shape index (κ1) is 13.0. The summed E-state index contributed by atoms with van der Waals surface area (Å²) in [6.45, 7) is 7.02. The van der Waals surface area contributed by atoms with Crippen LogP contribution in [0.15, 0.2) is 22.1 Å². The molecule has 0 saturated carbocycles. The number of carbonyl (C=O) groups excluding carboxylic acids is 2. The van der Waals surface area contributed by atoms with Crippen LogP contribution in [0.5, 0.6) is 0 Å². The molecule has 0 aliphatic heterocycles. The van der Waals surface area contributed by atoms with Crippen LogP contribution >= 0.6 is 0 Å². The summed E-state index contributed by atoms with van der Waals surface area (Å²) in [6.07, 6.45) is 1.31. The van der Waals surface area contributed by atoms with Gasteiger partial charge in [0.2, 0.25) is 0 Å². The van der Waals surface area contributed by atoms with Gasteiger partial charge in [-0.05, 0) is 25.8 Å². The molecule has 0 aromatic carbocycles. The molecule has 0 N–H and O–H groups in total. The smallest absolute Gasteiger partial charge is 0.198 e. The maximum Gasteiger partial charge on any atom is 0.198 e. The van der Waals surface area contributed by atoms with Gasteiger partial charge in [-0.2, -0.15) is 0 Å². The molecule has 0 saturated heterocycles. The van der Waals surface area contributed by atoms with Crippen LogP contribution in [0.4, 0.5) is 0 Å². The maximum atomic E-state index is 12.0. The van der Waals surface area contributed by atoms with Gasteiger partial charge in [-0.15, -0.1) is 0 Å². The Kier molecular flexibility index (Phi) is 3.97. The number of allylic oxidation sites excluding steroid dienone is 4. The van der Waals surface area contributed by atoms with E-state index in [-0.39, 0.29) is 22.4 Å². The fourth-order valence-corrected chi connectivity index (χ4v) is 3.07. The second kappa shape index (κ2) is 4.87. The molecule has 0 aromatic rings. The van der Waals surface area contributed by atoms with Crippen LogP contribution in [-0.4, -0.2) is 21.5 Å². The Morgan fingerprint density at radius 2 is 1.81 bits per heavy atom. The average Bonchev–Trinajstić information content (AvgIpc) is 2.14. The lowest BCUT2D eigenvalue weighted by atomic mass is 9.99. The van der Waals surface area contributed by atoms with Gasteiger partial charge in [0.15, 0.2) is 11.6 Å². The number of rotatable bonds is 3. The van der Waals surface area contributed by atoms with E-state index in [4.69, 9.17) is 0 Å². The minimum atomic E-state index is -1.37. The first-order valence-electron chi connectivity index (χ1n) is 5.21. The normalized spacial score (nSPS) is 19.2. The predicted molar refractivity (Wildman–Crippen MR) is 64.3 cm³/mol. The molecule has 3 nitrogen and oxygen atoms in total. The number of ketones is 2. The van der Waals surface area contributed by atoms with E-state index >= 15 is 0 Å². The number of hydrogen-bond donors (Lipinski definition) is 0. The van der Waals surface area contributed by atoms with Gasteiger partial charge >= 0.3 is 0 Å². The molecule has 0 amide bonds. The standard InChI is InChI=1S/C12H16O3S/c1-7(2)6-16(15)12-9(4)10(13)5-8(3)11(12)14/h5,7H,6H2,1-4H3. The molecule has 1 aliphatic rings. The third-order valence-corrected chi connectivity index (χ3v) is 4.25. The molecule has 1 unspecified atom stereocenters. The summed E-state index contributed by atoms with van der Waals surface area (Å²) in [5.74, 6) is 0.189. The van der Waals surface area contributed by atoms with Crippen molar-refractivity contribution in [1.29, 1.82) is 0 Å². The van der Waals surface area contributed by atoms with Crippen molar-refractivity contribution in [3.05, 3.63) is 22.1 Å². The van der Waals surface area contributed by atoms with Gasteiger partial charge in [-0.25, -0.2) is 0 Å². The summed E-state index contributed by atoms with van der Waals surface area (Å²) in [5.41, 5.74) is 0.706. The Hall–Kier alpha value is -1.03. The van der Waals surface area contributed by atoms with Crippen LogP contribution in [0.1, 0.15) is 27.7 Å². The molecule has 1 aliphatic carbocycles. The highest BCUT2D eigenvalue weighted by atomic mass is 32.2. The molecule has 16 heavy (non-hydrogen) atoms. The van der Waals surface area contributed by atoms with Gasteiger partial charge in [-0.3, -0.25) is 13.8 Å². The first-order chi connectivity index (χ1) is 7.34. The third-order valence-electron chi connectivity index (χ3n) is 2.33. The van der Waals surface area contributed by atoms with Gasteiger partial charge in [0, 0.05) is 16.9 Å². The Morgan fingerprint density at radius 1 is 1.25 bits per heavy atom. The molecule has 88 valence electrons. The lowest BCUT2D eigenvalue weighted by molar-refractivity contribution is -0.115. The molecule has 0 aromatic heterocycles. The zero-order valence-corrected chi connectivity index (χ0v) is 10.8. The molecule has 1 atom stereocenters. The van der Waals surface area contributed by atoms with E-state index in [1.165, 1.54) is 6.08 Å². The topological polar surface area (TPSA) is 51.2 Å². The average molecular weight is 240 g/mol. The summed E-state index contributed by atoms with van der Waals surface area (Å²) < 4.78 is 12.0. The van der Waals surface area contributed by atoms with Crippen molar-refractivity contribution in [3.8, 4) is 0 Å². The summed E-state index contributed by atoms with van der Waals surface area (Å²) in [4.78, 5) is 23.6. The van der Waals surface area contributed by atoms with E-state index in [9.17, 15) is 13.8 Å². The summed E-state index contributed by atoms with van der Waals surface area (Å²) >= 11 is 0. The summed E-state index contributed by atoms with van der Waals surface area (Å²) in [5, 5.41) is 0. The Morgan fingerprint density at radius 3 is 2.31 bits per heavy atom. The number of carbonyl (C=O) groups is 2. The van der Waals surface area contributed by atoms with Crippen LogP contribution < -0.4 is 0 Å². The van der Waals surface area contributed by atoms with E-state index in [2.05, 4.69) is 0 Å². The Bertz CT molecular complexity index is 428. The largest absolute Gasteiger partial charge is 0.290 e. The van der Waals surface area contributed by atoms with Crippen molar-refractivity contribution in [2.45, 2.75) is 27.7 Å². The molecule has 4 heteroatoms. The minimum Gasteiger partial charge on any atom is -0.290 e. The van der Waals surface area contributed by atoms with E-state index < -0.39 is 10.8 Å². The fourth-order valence-electron chi connectivity index (χ4n) is 1.49. The molecule has 0 radical (unpaired) electrons. The first-order valence-corrected chi connectivity index (χ1v) is 6.53. The van der Waals surface area contributed by atoms with Crippen molar-refractivity contribution < 1.29 is 13.8 Å². The lowest BCUT2D eigenvalue weighted by Crippen LogP contribution is -2.22. The van der Waals surface area contributed by atoms with Crippen LogP contribution in [0, 0.1) is 5.92 Å². The van der Waals surface area contributed by atoms with Crippen LogP contribution in [0.2, 0.25) is 0 Å². The Balaban J connectivity index is 3.10. The summed E-state index contributed by atoms with van der Waals surface area (Å²) in [7, 11) is -1.37. The van der Waals surface area contributed by atoms with Crippen molar-refractivity contribution in [3.63, 3.8) is 0 Å². The SMILES string of the molecule is CC1=CC(=O)C(C)=C(S(=O)CC(C)C)C1=O. The van der Waals surface area contributed by atoms with Crippen LogP contribution in [0.25, 0.3) is 0 Å². The number of Topliss-reactive ketones (excluding diaryl/α,β-unsaturated/α-hetero) is 1. The molecule has 1 rings (SSSR count). The Labute approximate surface area is 98.1 Å². The maximum absolute atomic E-state index is 12.0. The minimum absolute atomic E-state index is 0.193. The predicted octanol–water partition coefficient (Wildman–Crippen LogP) is 1.76. The van der Waals surface area contributed by atoms with Crippen molar-refractivity contribution in [2.24, 2.45) is 5.92 Å². The molecule has 0 fully saturated rings. The van der Waals surface area contributed by atoms with E-state index in [1.807, 2.05) is 13.8 Å². The monoisotopic (exact) mass is 240 g/mol. The molecule has 0 heterocycles. The zero-order valence-electron chi connectivity index (χ0n) is 9.99. The van der Waals surface area contributed by atoms with E-state index in [1.54, 1.807) is 13.8 Å². The zero-order chi connectivity index (χ0) is 12.5. The van der Waals surface area contributed by atoms with Crippen molar-refractivity contribution >= 4 is 22.4 Å². The third kappa shape index (κ3) is 2.55. The van der Waals surface area contributed by atoms with E-state index in [0.717, 1.165) is 0 Å². The van der Waals surface area contributed by atoms with Gasteiger partial charge in [0.1, 0.15) is 0 Å². The van der Waals surface area contributed by atoms with Gasteiger partial charge in [0.25, 0.3) is 0 Å². The molecular weight excluding hydrogens is 224 g/mol. The van der Waals surface area contributed by atoms with Crippen LogP contribution in [-0.2, 0) is 20.4 Å². The van der Waals surface area contributed by atoms with Crippen LogP contribution in [0.3, 0.4) is 0 Å². The van der Waals surface area contributed by atoms with Gasteiger partial charge < -0.3 is 0 Å². The van der Waals surface area contributed by atoms with Crippen molar-refractivity contribution in [2.75, 3.05) is 5.75 Å². The quantitative estimate of drug-likeness (QED) is 0.706. The second-order valence-electron chi connectivity index (χ2n) is 4.38. The van der Waals surface area contributed by atoms with Crippen molar-refractivity contribution in [1.82, 2.24) is 0 Å². The highest BCUT2D eigenvalue weighted by molar-refractivity contribution is 7.90. The highest BCUT2D eigenvalue weighted by Crippen LogP contribution is 2.22. The number of hydrogen-bond acceptors (Lipinski definition) is 3. The second-order valence-corrected chi connectivity index (χ2v) is 5.81. The van der Waals surface area contributed by atoms with E-state index in [0.29, 0.717) is 16.9 Å².